The summed E-state index contributed by atoms with van der Waals surface area (Å²) in [4.78, 5) is 30.9. The molecular formula is C21H24FN5O3. The van der Waals surface area contributed by atoms with E-state index < -0.39 is 6.17 Å². The van der Waals surface area contributed by atoms with E-state index in [1.165, 1.54) is 6.92 Å². The average Bonchev–Trinajstić information content (AvgIpc) is 3.08. The maximum atomic E-state index is 14.0. The average molecular weight is 413 g/mol. The molecule has 1 unspecified atom stereocenters. The lowest BCUT2D eigenvalue weighted by atomic mass is 10.1. The van der Waals surface area contributed by atoms with Gasteiger partial charge in [0, 0.05) is 19.7 Å². The summed E-state index contributed by atoms with van der Waals surface area (Å²) in [5, 5.41) is 5.20. The van der Waals surface area contributed by atoms with Crippen molar-refractivity contribution in [1.29, 1.82) is 0 Å². The van der Waals surface area contributed by atoms with Gasteiger partial charge in [-0.05, 0) is 55.2 Å². The highest BCUT2D eigenvalue weighted by atomic mass is 19.1. The van der Waals surface area contributed by atoms with Gasteiger partial charge in [-0.2, -0.15) is 0 Å². The van der Waals surface area contributed by atoms with Crippen molar-refractivity contribution in [1.82, 2.24) is 19.9 Å². The van der Waals surface area contributed by atoms with Crippen LogP contribution in [0.3, 0.4) is 0 Å². The number of imidazole rings is 1. The second-order valence-electron chi connectivity index (χ2n) is 6.83. The fraction of sp³-hybridized carbons (Fsp3) is 0.333. The summed E-state index contributed by atoms with van der Waals surface area (Å²) in [6.07, 6.45) is 2.34. The van der Waals surface area contributed by atoms with Crippen LogP contribution in [0.25, 0.3) is 16.9 Å². The third-order valence-corrected chi connectivity index (χ3v) is 4.60. The Hall–Kier alpha value is -3.49. The Bertz CT molecular complexity index is 1020. The van der Waals surface area contributed by atoms with Gasteiger partial charge in [-0.3, -0.25) is 19.5 Å². The molecule has 2 amide bonds. The summed E-state index contributed by atoms with van der Waals surface area (Å²) in [6, 6.07) is 9.18. The highest BCUT2D eigenvalue weighted by molar-refractivity contribution is 5.90. The van der Waals surface area contributed by atoms with Gasteiger partial charge in [0.25, 0.3) is 0 Å². The molecular weight excluding hydrogens is 389 g/mol. The van der Waals surface area contributed by atoms with Crippen LogP contribution >= 0.6 is 0 Å². The number of rotatable bonds is 10. The molecule has 3 aromatic rings. The number of nitrogens with zero attached hydrogens (tertiary/aromatic N) is 3. The molecule has 0 aliphatic heterocycles. The third kappa shape index (κ3) is 5.11. The first-order valence-electron chi connectivity index (χ1n) is 9.62. The number of carbonyl (C=O) groups excluding carboxylic acids is 2. The minimum atomic E-state index is -1.01. The molecule has 30 heavy (non-hydrogen) atoms. The summed E-state index contributed by atoms with van der Waals surface area (Å²) in [5.74, 6) is 0.823. The van der Waals surface area contributed by atoms with Crippen LogP contribution in [0.4, 0.5) is 10.3 Å². The number of carbonyl (C=O) groups is 2. The predicted molar refractivity (Wildman–Crippen MR) is 112 cm³/mol. The minimum absolute atomic E-state index is 0.246. The standard InChI is InChI=1S/C21H24FN5O3/c1-14(29)25-21-26-19-11-15(3-4-16(22)9-10-23-13-28)12-24-20(19)27(21)17-5-7-18(30-2)8-6-17/h5-8,11-13,16H,3-4,9-10H2,1-2H3,(H,23,28)(H,25,26,29). The number of ether oxygens (including phenoxy) is 1. The van der Waals surface area contributed by atoms with Gasteiger partial charge >= 0.3 is 0 Å². The number of pyridine rings is 1. The monoisotopic (exact) mass is 413 g/mol. The maximum Gasteiger partial charge on any atom is 0.223 e. The van der Waals surface area contributed by atoms with Gasteiger partial charge in [0.1, 0.15) is 17.4 Å². The first-order chi connectivity index (χ1) is 14.5. The van der Waals surface area contributed by atoms with Gasteiger partial charge in [0.05, 0.1) is 12.8 Å². The van der Waals surface area contributed by atoms with Crippen LogP contribution in [0, 0.1) is 0 Å². The van der Waals surface area contributed by atoms with Gasteiger partial charge < -0.3 is 10.1 Å². The van der Waals surface area contributed by atoms with Crippen LogP contribution in [0.1, 0.15) is 25.3 Å². The molecule has 0 aliphatic rings. The number of aromatic nitrogens is 3. The molecule has 0 saturated carbocycles. The summed E-state index contributed by atoms with van der Waals surface area (Å²) in [6.45, 7) is 1.73. The van der Waals surface area contributed by atoms with Crippen LogP contribution in [0.15, 0.2) is 36.5 Å². The summed E-state index contributed by atoms with van der Waals surface area (Å²) < 4.78 is 20.9. The van der Waals surface area contributed by atoms with Gasteiger partial charge in [-0.1, -0.05) is 0 Å². The van der Waals surface area contributed by atoms with Crippen molar-refractivity contribution in [3.05, 3.63) is 42.1 Å². The van der Waals surface area contributed by atoms with E-state index in [4.69, 9.17) is 4.74 Å². The number of aryl methyl sites for hydroxylation is 1. The number of amides is 2. The van der Waals surface area contributed by atoms with E-state index in [-0.39, 0.29) is 12.3 Å². The van der Waals surface area contributed by atoms with E-state index in [2.05, 4.69) is 20.6 Å². The molecule has 0 aliphatic carbocycles. The molecule has 1 aromatic carbocycles. The largest absolute Gasteiger partial charge is 0.497 e. The normalized spacial score (nSPS) is 11.8. The van der Waals surface area contributed by atoms with Crippen molar-refractivity contribution in [3.8, 4) is 11.4 Å². The van der Waals surface area contributed by atoms with E-state index in [0.29, 0.717) is 48.7 Å². The lowest BCUT2D eigenvalue weighted by Crippen LogP contribution is -2.17. The SMILES string of the molecule is COc1ccc(-n2c(NC(C)=O)nc3cc(CCC(F)CCNC=O)cnc32)cc1. The maximum absolute atomic E-state index is 14.0. The van der Waals surface area contributed by atoms with E-state index in [9.17, 15) is 14.0 Å². The lowest BCUT2D eigenvalue weighted by Gasteiger charge is -2.10. The van der Waals surface area contributed by atoms with Crippen molar-refractivity contribution >= 4 is 29.4 Å². The van der Waals surface area contributed by atoms with E-state index in [1.54, 1.807) is 17.9 Å². The number of anilines is 1. The Morgan fingerprint density at radius 1 is 1.30 bits per heavy atom. The minimum Gasteiger partial charge on any atom is -0.497 e. The molecule has 2 aromatic heterocycles. The number of hydrogen-bond acceptors (Lipinski definition) is 5. The summed E-state index contributed by atoms with van der Waals surface area (Å²) in [5.41, 5.74) is 2.81. The molecule has 9 heteroatoms. The third-order valence-electron chi connectivity index (χ3n) is 4.60. The van der Waals surface area contributed by atoms with Crippen LogP contribution < -0.4 is 15.4 Å². The molecule has 158 valence electrons. The first-order valence-corrected chi connectivity index (χ1v) is 9.62. The number of halogens is 1. The predicted octanol–water partition coefficient (Wildman–Crippen LogP) is 2.79. The lowest BCUT2D eigenvalue weighted by molar-refractivity contribution is -0.114. The second-order valence-corrected chi connectivity index (χ2v) is 6.83. The van der Waals surface area contributed by atoms with Crippen molar-refractivity contribution < 1.29 is 18.7 Å². The van der Waals surface area contributed by atoms with Gasteiger partial charge in [-0.25, -0.2) is 14.4 Å². The van der Waals surface area contributed by atoms with Gasteiger partial charge in [0.15, 0.2) is 5.65 Å². The van der Waals surface area contributed by atoms with Crippen LogP contribution in [0.2, 0.25) is 0 Å². The summed E-state index contributed by atoms with van der Waals surface area (Å²) >= 11 is 0. The van der Waals surface area contributed by atoms with Crippen molar-refractivity contribution in [3.63, 3.8) is 0 Å². The Kier molecular flexibility index (Phi) is 6.95. The van der Waals surface area contributed by atoms with Crippen molar-refractivity contribution in [2.75, 3.05) is 19.0 Å². The smallest absolute Gasteiger partial charge is 0.223 e. The molecule has 2 heterocycles. The first kappa shape index (κ1) is 21.2. The van der Waals surface area contributed by atoms with E-state index >= 15 is 0 Å². The number of alkyl halides is 1. The fourth-order valence-electron chi connectivity index (χ4n) is 3.13. The molecule has 0 bridgehead atoms. The topological polar surface area (TPSA) is 98.1 Å². The molecule has 8 nitrogen and oxygen atoms in total. The fourth-order valence-corrected chi connectivity index (χ4v) is 3.13. The zero-order chi connectivity index (χ0) is 21.5. The summed E-state index contributed by atoms with van der Waals surface area (Å²) in [7, 11) is 1.59. The number of nitrogens with one attached hydrogen (secondary N) is 2. The van der Waals surface area contributed by atoms with Crippen LogP contribution in [-0.4, -0.2) is 46.7 Å². The zero-order valence-corrected chi connectivity index (χ0v) is 16.9. The molecule has 0 spiro atoms. The highest BCUT2D eigenvalue weighted by Crippen LogP contribution is 2.26. The van der Waals surface area contributed by atoms with Crippen LogP contribution in [0.5, 0.6) is 5.75 Å². The van der Waals surface area contributed by atoms with Crippen molar-refractivity contribution in [2.24, 2.45) is 0 Å². The number of benzene rings is 1. The zero-order valence-electron chi connectivity index (χ0n) is 16.9. The molecule has 0 radical (unpaired) electrons. The van der Waals surface area contributed by atoms with Gasteiger partial charge in [-0.15, -0.1) is 0 Å². The van der Waals surface area contributed by atoms with Crippen LogP contribution in [-0.2, 0) is 16.0 Å². The second kappa shape index (κ2) is 9.82. The molecule has 0 fully saturated rings. The Labute approximate surface area is 173 Å². The number of fused-ring (bicyclic) bond motifs is 1. The number of hydrogen-bond donors (Lipinski definition) is 2. The van der Waals surface area contributed by atoms with Crippen molar-refractivity contribution in [2.45, 2.75) is 32.4 Å². The molecule has 3 rings (SSSR count). The molecule has 2 N–H and O–H groups in total. The Morgan fingerprint density at radius 3 is 2.73 bits per heavy atom. The Morgan fingerprint density at radius 2 is 2.07 bits per heavy atom. The van der Waals surface area contributed by atoms with E-state index in [0.717, 1.165) is 11.3 Å². The molecule has 1 atom stereocenters. The highest BCUT2D eigenvalue weighted by Gasteiger charge is 2.16. The quantitative estimate of drug-likeness (QED) is 0.393. The number of methoxy groups -OCH3 is 1. The van der Waals surface area contributed by atoms with E-state index in [1.807, 2.05) is 30.3 Å². The van der Waals surface area contributed by atoms with Gasteiger partial charge in [0.2, 0.25) is 18.3 Å². The Balaban J connectivity index is 1.86. The molecule has 0 saturated heterocycles.